The van der Waals surface area contributed by atoms with E-state index in [1.54, 1.807) is 11.3 Å². The zero-order chi connectivity index (χ0) is 11.5. The van der Waals surface area contributed by atoms with Gasteiger partial charge in [0.15, 0.2) is 0 Å². The molecule has 0 fully saturated rings. The molecule has 1 aromatic heterocycles. The summed E-state index contributed by atoms with van der Waals surface area (Å²) in [7, 11) is 4.22. The van der Waals surface area contributed by atoms with Crippen LogP contribution in [-0.2, 0) is 6.42 Å². The molecule has 86 valence electrons. The summed E-state index contributed by atoms with van der Waals surface area (Å²) < 4.78 is 0. The van der Waals surface area contributed by atoms with Crippen molar-refractivity contribution in [3.8, 4) is 0 Å². The zero-order valence-electron chi connectivity index (χ0n) is 10.2. The van der Waals surface area contributed by atoms with Crippen molar-refractivity contribution in [3.63, 3.8) is 0 Å². The second kappa shape index (κ2) is 5.10. The maximum atomic E-state index is 6.32. The summed E-state index contributed by atoms with van der Waals surface area (Å²) in [4.78, 5) is 3.62. The molecule has 1 heterocycles. The standard InChI is InChI=1S/C12H22N2S/c1-5-12(2,14(3)4)11(13)9-10-7-6-8-15-10/h6-8,11H,5,9,13H2,1-4H3. The van der Waals surface area contributed by atoms with E-state index in [4.69, 9.17) is 5.73 Å². The SMILES string of the molecule is CCC(C)(C(N)Cc1cccs1)N(C)C. The molecule has 1 rings (SSSR count). The molecule has 2 atom stereocenters. The number of likely N-dealkylation sites (N-methyl/N-ethyl adjacent to an activating group) is 1. The average molecular weight is 226 g/mol. The zero-order valence-corrected chi connectivity index (χ0v) is 11.0. The monoisotopic (exact) mass is 226 g/mol. The molecule has 0 saturated carbocycles. The van der Waals surface area contributed by atoms with Crippen LogP contribution in [0.1, 0.15) is 25.1 Å². The van der Waals surface area contributed by atoms with E-state index in [0.717, 1.165) is 12.8 Å². The minimum atomic E-state index is 0.0873. The molecule has 0 aliphatic rings. The lowest BCUT2D eigenvalue weighted by molar-refractivity contribution is 0.131. The van der Waals surface area contributed by atoms with Gasteiger partial charge >= 0.3 is 0 Å². The van der Waals surface area contributed by atoms with E-state index < -0.39 is 0 Å². The Kier molecular flexibility index (Phi) is 4.32. The Morgan fingerprint density at radius 3 is 2.60 bits per heavy atom. The first-order valence-corrected chi connectivity index (χ1v) is 6.34. The van der Waals surface area contributed by atoms with E-state index in [0.29, 0.717) is 0 Å². The second-order valence-electron chi connectivity index (χ2n) is 4.50. The van der Waals surface area contributed by atoms with Crippen LogP contribution in [-0.4, -0.2) is 30.6 Å². The molecule has 0 saturated heterocycles. The lowest BCUT2D eigenvalue weighted by Gasteiger charge is -2.40. The average Bonchev–Trinajstić information content (AvgIpc) is 2.68. The molecule has 1 aromatic rings. The third kappa shape index (κ3) is 2.80. The molecular weight excluding hydrogens is 204 g/mol. The molecule has 2 N–H and O–H groups in total. The van der Waals surface area contributed by atoms with Crippen LogP contribution in [0.15, 0.2) is 17.5 Å². The maximum Gasteiger partial charge on any atom is 0.0327 e. The van der Waals surface area contributed by atoms with Gasteiger partial charge in [-0.25, -0.2) is 0 Å². The van der Waals surface area contributed by atoms with E-state index >= 15 is 0 Å². The van der Waals surface area contributed by atoms with Gasteiger partial charge in [-0.3, -0.25) is 0 Å². The van der Waals surface area contributed by atoms with Crippen molar-refractivity contribution in [2.24, 2.45) is 5.73 Å². The van der Waals surface area contributed by atoms with Crippen molar-refractivity contribution < 1.29 is 0 Å². The van der Waals surface area contributed by atoms with Gasteiger partial charge in [-0.1, -0.05) is 13.0 Å². The quantitative estimate of drug-likeness (QED) is 0.835. The van der Waals surface area contributed by atoms with Crippen LogP contribution in [0.4, 0.5) is 0 Å². The number of hydrogen-bond donors (Lipinski definition) is 1. The predicted octanol–water partition coefficient (Wildman–Crippen LogP) is 2.35. The van der Waals surface area contributed by atoms with Crippen LogP contribution in [0, 0.1) is 0 Å². The van der Waals surface area contributed by atoms with Gasteiger partial charge in [0.05, 0.1) is 0 Å². The summed E-state index contributed by atoms with van der Waals surface area (Å²) in [5.74, 6) is 0. The third-order valence-corrected chi connectivity index (χ3v) is 4.44. The molecule has 3 heteroatoms. The second-order valence-corrected chi connectivity index (χ2v) is 5.53. The molecule has 0 radical (unpaired) electrons. The topological polar surface area (TPSA) is 29.3 Å². The van der Waals surface area contributed by atoms with Gasteiger partial charge in [0.1, 0.15) is 0 Å². The first kappa shape index (κ1) is 12.7. The first-order chi connectivity index (χ1) is 7.00. The molecule has 15 heavy (non-hydrogen) atoms. The Morgan fingerprint density at radius 1 is 1.53 bits per heavy atom. The molecule has 2 nitrogen and oxygen atoms in total. The number of thiophene rings is 1. The molecule has 0 spiro atoms. The molecule has 0 aromatic carbocycles. The molecular formula is C12H22N2S. The van der Waals surface area contributed by atoms with E-state index in [-0.39, 0.29) is 11.6 Å². The first-order valence-electron chi connectivity index (χ1n) is 5.46. The largest absolute Gasteiger partial charge is 0.326 e. The van der Waals surface area contributed by atoms with Gasteiger partial charge in [-0.15, -0.1) is 11.3 Å². The van der Waals surface area contributed by atoms with Crippen LogP contribution in [0.2, 0.25) is 0 Å². The maximum absolute atomic E-state index is 6.32. The Bertz CT molecular complexity index is 282. The number of hydrogen-bond acceptors (Lipinski definition) is 3. The Morgan fingerprint density at radius 2 is 2.20 bits per heavy atom. The summed E-state index contributed by atoms with van der Waals surface area (Å²) in [6, 6.07) is 4.44. The molecule has 0 aliphatic heterocycles. The van der Waals surface area contributed by atoms with E-state index in [2.05, 4.69) is 50.4 Å². The lowest BCUT2D eigenvalue weighted by atomic mass is 9.86. The Labute approximate surface area is 97.1 Å². The minimum absolute atomic E-state index is 0.0873. The van der Waals surface area contributed by atoms with Crippen molar-refractivity contribution in [1.29, 1.82) is 0 Å². The molecule has 0 bridgehead atoms. The predicted molar refractivity (Wildman–Crippen MR) is 68.4 cm³/mol. The van der Waals surface area contributed by atoms with Crippen LogP contribution in [0.3, 0.4) is 0 Å². The van der Waals surface area contributed by atoms with Gasteiger partial charge in [0, 0.05) is 16.5 Å². The van der Waals surface area contributed by atoms with E-state index in [1.807, 2.05) is 0 Å². The Hall–Kier alpha value is -0.380. The van der Waals surface area contributed by atoms with Gasteiger partial charge < -0.3 is 10.6 Å². The Balaban J connectivity index is 2.69. The van der Waals surface area contributed by atoms with E-state index in [9.17, 15) is 0 Å². The van der Waals surface area contributed by atoms with Crippen molar-refractivity contribution >= 4 is 11.3 Å². The summed E-state index contributed by atoms with van der Waals surface area (Å²) in [6.07, 6.45) is 2.05. The highest BCUT2D eigenvalue weighted by Crippen LogP contribution is 2.23. The molecule has 0 aliphatic carbocycles. The fourth-order valence-electron chi connectivity index (χ4n) is 1.78. The highest BCUT2D eigenvalue weighted by atomic mass is 32.1. The summed E-state index contributed by atoms with van der Waals surface area (Å²) >= 11 is 1.79. The summed E-state index contributed by atoms with van der Waals surface area (Å²) in [6.45, 7) is 4.44. The fraction of sp³-hybridized carbons (Fsp3) is 0.667. The fourth-order valence-corrected chi connectivity index (χ4v) is 2.54. The highest BCUT2D eigenvalue weighted by Gasteiger charge is 2.32. The van der Waals surface area contributed by atoms with Gasteiger partial charge in [-0.2, -0.15) is 0 Å². The van der Waals surface area contributed by atoms with Crippen LogP contribution in [0.25, 0.3) is 0 Å². The lowest BCUT2D eigenvalue weighted by Crippen LogP contribution is -2.55. The summed E-state index contributed by atoms with van der Waals surface area (Å²) in [5, 5.41) is 2.11. The van der Waals surface area contributed by atoms with E-state index in [1.165, 1.54) is 4.88 Å². The highest BCUT2D eigenvalue weighted by molar-refractivity contribution is 7.09. The number of rotatable bonds is 5. The van der Waals surface area contributed by atoms with Crippen molar-refractivity contribution in [2.75, 3.05) is 14.1 Å². The van der Waals surface area contributed by atoms with Gasteiger partial charge in [0.25, 0.3) is 0 Å². The summed E-state index contributed by atoms with van der Waals surface area (Å²) in [5.41, 5.74) is 6.41. The molecule has 0 amide bonds. The van der Waals surface area contributed by atoms with Crippen LogP contribution < -0.4 is 5.73 Å². The third-order valence-electron chi connectivity index (χ3n) is 3.54. The van der Waals surface area contributed by atoms with Crippen molar-refractivity contribution in [3.05, 3.63) is 22.4 Å². The van der Waals surface area contributed by atoms with Gasteiger partial charge in [-0.05, 0) is 45.3 Å². The number of nitrogens with zero attached hydrogens (tertiary/aromatic N) is 1. The normalized spacial score (nSPS) is 17.7. The smallest absolute Gasteiger partial charge is 0.0327 e. The van der Waals surface area contributed by atoms with Crippen molar-refractivity contribution in [1.82, 2.24) is 4.90 Å². The molecule has 2 unspecified atom stereocenters. The van der Waals surface area contributed by atoms with Crippen LogP contribution >= 0.6 is 11.3 Å². The van der Waals surface area contributed by atoms with Crippen molar-refractivity contribution in [2.45, 2.75) is 38.3 Å². The van der Waals surface area contributed by atoms with Gasteiger partial charge in [0.2, 0.25) is 0 Å². The minimum Gasteiger partial charge on any atom is -0.326 e. The van der Waals surface area contributed by atoms with Crippen LogP contribution in [0.5, 0.6) is 0 Å². The number of nitrogens with two attached hydrogens (primary N) is 1.